The van der Waals surface area contributed by atoms with Crippen molar-refractivity contribution in [3.05, 3.63) is 54.2 Å². The van der Waals surface area contributed by atoms with Crippen LogP contribution in [0.2, 0.25) is 0 Å². The second kappa shape index (κ2) is 7.83. The molecule has 2 heterocycles. The Morgan fingerprint density at radius 1 is 1.36 bits per heavy atom. The van der Waals surface area contributed by atoms with E-state index in [9.17, 15) is 14.0 Å². The average molecular weight is 346 g/mol. The van der Waals surface area contributed by atoms with E-state index in [1.807, 2.05) is 0 Å². The van der Waals surface area contributed by atoms with Crippen LogP contribution in [0.4, 0.5) is 4.39 Å². The molecular weight excluding hydrogens is 327 g/mol. The SMILES string of the molecule is O=C(NCCOc1cccc(F)c1)C1CC(=O)N(Cc2ccco2)C1. The normalized spacial score (nSPS) is 16.9. The molecule has 1 saturated heterocycles. The van der Waals surface area contributed by atoms with Gasteiger partial charge in [-0.05, 0) is 24.3 Å². The van der Waals surface area contributed by atoms with E-state index in [1.54, 1.807) is 35.4 Å². The van der Waals surface area contributed by atoms with Gasteiger partial charge in [0.2, 0.25) is 11.8 Å². The van der Waals surface area contributed by atoms with E-state index in [-0.39, 0.29) is 43.1 Å². The third kappa shape index (κ3) is 4.59. The zero-order valence-electron chi connectivity index (χ0n) is 13.6. The molecule has 0 bridgehead atoms. The first-order chi connectivity index (χ1) is 12.1. The fourth-order valence-corrected chi connectivity index (χ4v) is 2.74. The Hall–Kier alpha value is -2.83. The predicted octanol–water partition coefficient (Wildman–Crippen LogP) is 1.96. The van der Waals surface area contributed by atoms with E-state index in [1.165, 1.54) is 12.1 Å². The lowest BCUT2D eigenvalue weighted by molar-refractivity contribution is -0.129. The lowest BCUT2D eigenvalue weighted by Crippen LogP contribution is -2.35. The molecule has 1 aromatic carbocycles. The third-order valence-electron chi connectivity index (χ3n) is 3.98. The van der Waals surface area contributed by atoms with Crippen molar-refractivity contribution >= 4 is 11.8 Å². The zero-order valence-corrected chi connectivity index (χ0v) is 13.6. The van der Waals surface area contributed by atoms with Crippen LogP contribution in [0.25, 0.3) is 0 Å². The summed E-state index contributed by atoms with van der Waals surface area (Å²) in [6.07, 6.45) is 1.75. The highest BCUT2D eigenvalue weighted by Crippen LogP contribution is 2.20. The number of benzene rings is 1. The van der Waals surface area contributed by atoms with Crippen molar-refractivity contribution < 1.29 is 23.1 Å². The fourth-order valence-electron chi connectivity index (χ4n) is 2.74. The highest BCUT2D eigenvalue weighted by Gasteiger charge is 2.34. The van der Waals surface area contributed by atoms with Gasteiger partial charge in [0.05, 0.1) is 25.3 Å². The van der Waals surface area contributed by atoms with E-state index in [0.29, 0.717) is 24.6 Å². The van der Waals surface area contributed by atoms with Gasteiger partial charge in [-0.15, -0.1) is 0 Å². The summed E-state index contributed by atoms with van der Waals surface area (Å²) < 4.78 is 23.6. The summed E-state index contributed by atoms with van der Waals surface area (Å²) >= 11 is 0. The number of hydrogen-bond acceptors (Lipinski definition) is 4. The molecule has 2 amide bonds. The van der Waals surface area contributed by atoms with Crippen LogP contribution in [-0.4, -0.2) is 36.4 Å². The highest BCUT2D eigenvalue weighted by atomic mass is 19.1. The lowest BCUT2D eigenvalue weighted by atomic mass is 10.1. The summed E-state index contributed by atoms with van der Waals surface area (Å²) in [5, 5.41) is 2.75. The first-order valence-electron chi connectivity index (χ1n) is 8.08. The van der Waals surface area contributed by atoms with Crippen LogP contribution in [-0.2, 0) is 16.1 Å². The summed E-state index contributed by atoms with van der Waals surface area (Å²) in [4.78, 5) is 25.8. The molecule has 6 nitrogen and oxygen atoms in total. The average Bonchev–Trinajstić information content (AvgIpc) is 3.22. The maximum absolute atomic E-state index is 13.0. The van der Waals surface area contributed by atoms with Crippen LogP contribution in [0.3, 0.4) is 0 Å². The molecule has 132 valence electrons. The summed E-state index contributed by atoms with van der Waals surface area (Å²) in [6.45, 7) is 1.26. The van der Waals surface area contributed by atoms with Crippen LogP contribution in [0.5, 0.6) is 5.75 Å². The summed E-state index contributed by atoms with van der Waals surface area (Å²) in [5.41, 5.74) is 0. The lowest BCUT2D eigenvalue weighted by Gasteiger charge is -2.15. The van der Waals surface area contributed by atoms with Gasteiger partial charge in [-0.1, -0.05) is 6.07 Å². The molecule has 1 aliphatic heterocycles. The number of ether oxygens (including phenoxy) is 1. The van der Waals surface area contributed by atoms with Crippen molar-refractivity contribution in [1.82, 2.24) is 10.2 Å². The molecule has 1 fully saturated rings. The van der Waals surface area contributed by atoms with Gasteiger partial charge in [0.1, 0.15) is 23.9 Å². The Labute approximate surface area is 144 Å². The summed E-state index contributed by atoms with van der Waals surface area (Å²) in [6, 6.07) is 9.38. The number of carbonyl (C=O) groups excluding carboxylic acids is 2. The van der Waals surface area contributed by atoms with Crippen molar-refractivity contribution in [2.75, 3.05) is 19.7 Å². The first-order valence-corrected chi connectivity index (χ1v) is 8.08. The molecule has 3 rings (SSSR count). The number of nitrogens with zero attached hydrogens (tertiary/aromatic N) is 1. The molecule has 0 aliphatic carbocycles. The van der Waals surface area contributed by atoms with Gasteiger partial charge in [-0.2, -0.15) is 0 Å². The minimum absolute atomic E-state index is 0.0624. The van der Waals surface area contributed by atoms with E-state index >= 15 is 0 Å². The van der Waals surface area contributed by atoms with Gasteiger partial charge in [0, 0.05) is 19.0 Å². The van der Waals surface area contributed by atoms with Gasteiger partial charge in [0.25, 0.3) is 0 Å². The molecule has 0 radical (unpaired) electrons. The molecule has 0 saturated carbocycles. The van der Waals surface area contributed by atoms with Crippen molar-refractivity contribution in [2.45, 2.75) is 13.0 Å². The number of rotatable bonds is 7. The Morgan fingerprint density at radius 2 is 2.24 bits per heavy atom. The van der Waals surface area contributed by atoms with Crippen LogP contribution >= 0.6 is 0 Å². The number of amides is 2. The highest BCUT2D eigenvalue weighted by molar-refractivity contribution is 5.89. The molecule has 25 heavy (non-hydrogen) atoms. The third-order valence-corrected chi connectivity index (χ3v) is 3.98. The molecular formula is C18H19FN2O4. The molecule has 1 unspecified atom stereocenters. The van der Waals surface area contributed by atoms with Crippen LogP contribution in [0.1, 0.15) is 12.2 Å². The largest absolute Gasteiger partial charge is 0.492 e. The Morgan fingerprint density at radius 3 is 3.00 bits per heavy atom. The van der Waals surface area contributed by atoms with Crippen molar-refractivity contribution in [3.63, 3.8) is 0 Å². The minimum Gasteiger partial charge on any atom is -0.492 e. The van der Waals surface area contributed by atoms with Gasteiger partial charge < -0.3 is 19.4 Å². The minimum atomic E-state index is -0.378. The van der Waals surface area contributed by atoms with E-state index < -0.39 is 0 Å². The smallest absolute Gasteiger partial charge is 0.225 e. The molecule has 1 atom stereocenters. The molecule has 2 aromatic rings. The number of halogens is 1. The maximum atomic E-state index is 13.0. The Bertz CT molecular complexity index is 732. The molecule has 1 aromatic heterocycles. The van der Waals surface area contributed by atoms with E-state index in [4.69, 9.17) is 9.15 Å². The number of hydrogen-bond donors (Lipinski definition) is 1. The quantitative estimate of drug-likeness (QED) is 0.778. The molecule has 1 N–H and O–H groups in total. The zero-order chi connectivity index (χ0) is 17.6. The standard InChI is InChI=1S/C18H19FN2O4/c19-14-3-1-4-15(10-14)25-8-6-20-18(23)13-9-17(22)21(11-13)12-16-5-2-7-24-16/h1-5,7,10,13H,6,8-9,11-12H2,(H,20,23). The van der Waals surface area contributed by atoms with E-state index in [2.05, 4.69) is 5.32 Å². The maximum Gasteiger partial charge on any atom is 0.225 e. The second-order valence-electron chi connectivity index (χ2n) is 5.85. The molecule has 7 heteroatoms. The number of furan rings is 1. The number of likely N-dealkylation sites (tertiary alicyclic amines) is 1. The topological polar surface area (TPSA) is 71.8 Å². The fraction of sp³-hybridized carbons (Fsp3) is 0.333. The second-order valence-corrected chi connectivity index (χ2v) is 5.85. The predicted molar refractivity (Wildman–Crippen MR) is 87.1 cm³/mol. The summed E-state index contributed by atoms with van der Waals surface area (Å²) in [7, 11) is 0. The van der Waals surface area contributed by atoms with Gasteiger partial charge in [0.15, 0.2) is 0 Å². The van der Waals surface area contributed by atoms with E-state index in [0.717, 1.165) is 0 Å². The first kappa shape index (κ1) is 17.0. The van der Waals surface area contributed by atoms with Crippen molar-refractivity contribution in [1.29, 1.82) is 0 Å². The van der Waals surface area contributed by atoms with Gasteiger partial charge >= 0.3 is 0 Å². The Kier molecular flexibility index (Phi) is 5.33. The monoisotopic (exact) mass is 346 g/mol. The van der Waals surface area contributed by atoms with Crippen molar-refractivity contribution in [2.24, 2.45) is 5.92 Å². The van der Waals surface area contributed by atoms with Crippen molar-refractivity contribution in [3.8, 4) is 5.75 Å². The van der Waals surface area contributed by atoms with Crippen LogP contribution in [0, 0.1) is 11.7 Å². The molecule has 0 spiro atoms. The van der Waals surface area contributed by atoms with Gasteiger partial charge in [-0.3, -0.25) is 9.59 Å². The Balaban J connectivity index is 1.40. The van der Waals surface area contributed by atoms with Crippen LogP contribution < -0.4 is 10.1 Å². The van der Waals surface area contributed by atoms with Gasteiger partial charge in [-0.25, -0.2) is 4.39 Å². The number of nitrogens with one attached hydrogen (secondary N) is 1. The van der Waals surface area contributed by atoms with Crippen LogP contribution in [0.15, 0.2) is 47.1 Å². The molecule has 1 aliphatic rings. The summed E-state index contributed by atoms with van der Waals surface area (Å²) in [5.74, 6) is 0.109. The number of carbonyl (C=O) groups is 2.